The van der Waals surface area contributed by atoms with Crippen molar-refractivity contribution in [3.8, 4) is 5.75 Å². The third-order valence-electron chi connectivity index (χ3n) is 5.49. The molecular weight excluding hydrogens is 390 g/mol. The van der Waals surface area contributed by atoms with E-state index >= 15 is 0 Å². The highest BCUT2D eigenvalue weighted by Gasteiger charge is 2.39. The Morgan fingerprint density at radius 2 is 1.83 bits per heavy atom. The van der Waals surface area contributed by atoms with E-state index in [0.717, 1.165) is 0 Å². The van der Waals surface area contributed by atoms with Gasteiger partial charge in [-0.3, -0.25) is 9.59 Å². The maximum Gasteiger partial charge on any atom is 0.222 e. The zero-order valence-corrected chi connectivity index (χ0v) is 16.8. The summed E-state index contributed by atoms with van der Waals surface area (Å²) in [5, 5.41) is 0. The molecule has 2 aromatic carbocycles. The highest BCUT2D eigenvalue weighted by atomic mass is 19.1. The first kappa shape index (κ1) is 21.7. The van der Waals surface area contributed by atoms with Crippen LogP contribution in [0, 0.1) is 17.0 Å². The van der Waals surface area contributed by atoms with E-state index in [9.17, 15) is 18.4 Å². The van der Waals surface area contributed by atoms with Crippen LogP contribution in [0.4, 0.5) is 8.78 Å². The summed E-state index contributed by atoms with van der Waals surface area (Å²) < 4.78 is 32.7. The molecule has 2 N–H and O–H groups in total. The standard InChI is InChI=1S/C23H26F2N2O3/c24-18-7-9-19(10-8-18)30-16-23(14-21(26)28)12-3-13-27(15-23)22(29)11-6-17-4-1-2-5-20(17)25/h1-2,4-5,7-10H,3,6,11-16H2,(H2,26,28). The summed E-state index contributed by atoms with van der Waals surface area (Å²) >= 11 is 0. The average Bonchev–Trinajstić information content (AvgIpc) is 2.72. The number of hydrogen-bond donors (Lipinski definition) is 1. The first-order chi connectivity index (χ1) is 14.4. The number of halogens is 2. The van der Waals surface area contributed by atoms with Crippen molar-refractivity contribution < 1.29 is 23.1 Å². The lowest BCUT2D eigenvalue weighted by Crippen LogP contribution is -2.50. The third kappa shape index (κ3) is 5.78. The number of likely N-dealkylation sites (tertiary alicyclic amines) is 1. The minimum atomic E-state index is -0.605. The number of aryl methyl sites for hydroxylation is 1. The van der Waals surface area contributed by atoms with Crippen molar-refractivity contribution in [3.63, 3.8) is 0 Å². The maximum atomic E-state index is 13.8. The molecule has 0 aromatic heterocycles. The summed E-state index contributed by atoms with van der Waals surface area (Å²) in [4.78, 5) is 26.2. The number of primary amides is 1. The van der Waals surface area contributed by atoms with Gasteiger partial charge in [0.05, 0.1) is 6.61 Å². The molecular formula is C23H26F2N2O3. The maximum absolute atomic E-state index is 13.8. The van der Waals surface area contributed by atoms with Gasteiger partial charge < -0.3 is 15.4 Å². The summed E-state index contributed by atoms with van der Waals surface area (Å²) in [7, 11) is 0. The third-order valence-corrected chi connectivity index (χ3v) is 5.49. The van der Waals surface area contributed by atoms with Crippen LogP contribution < -0.4 is 10.5 Å². The van der Waals surface area contributed by atoms with Crippen LogP contribution in [0.15, 0.2) is 48.5 Å². The first-order valence-electron chi connectivity index (χ1n) is 10.0. The number of hydrogen-bond acceptors (Lipinski definition) is 3. The molecule has 1 aliphatic heterocycles. The van der Waals surface area contributed by atoms with Crippen molar-refractivity contribution in [1.82, 2.24) is 4.90 Å². The van der Waals surface area contributed by atoms with E-state index in [0.29, 0.717) is 43.7 Å². The molecule has 1 heterocycles. The molecule has 0 aliphatic carbocycles. The second-order valence-corrected chi connectivity index (χ2v) is 7.90. The van der Waals surface area contributed by atoms with Gasteiger partial charge in [-0.25, -0.2) is 8.78 Å². The molecule has 7 heteroatoms. The van der Waals surface area contributed by atoms with Crippen LogP contribution in [0.3, 0.4) is 0 Å². The van der Waals surface area contributed by atoms with E-state index in [1.54, 1.807) is 23.1 Å². The quantitative estimate of drug-likeness (QED) is 0.716. The normalized spacial score (nSPS) is 18.8. The van der Waals surface area contributed by atoms with E-state index in [4.69, 9.17) is 10.5 Å². The Morgan fingerprint density at radius 1 is 1.10 bits per heavy atom. The van der Waals surface area contributed by atoms with Crippen molar-refractivity contribution in [2.75, 3.05) is 19.7 Å². The average molecular weight is 416 g/mol. The number of amides is 2. The topological polar surface area (TPSA) is 72.6 Å². The van der Waals surface area contributed by atoms with Gasteiger partial charge in [-0.2, -0.15) is 0 Å². The van der Waals surface area contributed by atoms with Crippen LogP contribution in [0.5, 0.6) is 5.75 Å². The summed E-state index contributed by atoms with van der Waals surface area (Å²) in [6.45, 7) is 1.11. The Kier molecular flexibility index (Phi) is 7.03. The molecule has 0 spiro atoms. The van der Waals surface area contributed by atoms with Gasteiger partial charge in [0.1, 0.15) is 17.4 Å². The molecule has 2 aromatic rings. The van der Waals surface area contributed by atoms with Gasteiger partial charge in [0.2, 0.25) is 11.8 Å². The molecule has 2 amide bonds. The van der Waals surface area contributed by atoms with Gasteiger partial charge in [0.25, 0.3) is 0 Å². The van der Waals surface area contributed by atoms with Gasteiger partial charge in [-0.05, 0) is 55.2 Å². The molecule has 1 saturated heterocycles. The second-order valence-electron chi connectivity index (χ2n) is 7.90. The monoisotopic (exact) mass is 416 g/mol. The van der Waals surface area contributed by atoms with E-state index in [2.05, 4.69) is 0 Å². The number of ether oxygens (including phenoxy) is 1. The van der Waals surface area contributed by atoms with Gasteiger partial charge in [-0.15, -0.1) is 0 Å². The van der Waals surface area contributed by atoms with E-state index < -0.39 is 11.3 Å². The molecule has 0 bridgehead atoms. The number of nitrogens with two attached hydrogens (primary N) is 1. The molecule has 160 valence electrons. The van der Waals surface area contributed by atoms with Crippen LogP contribution >= 0.6 is 0 Å². The number of carbonyl (C=O) groups excluding carboxylic acids is 2. The summed E-state index contributed by atoms with van der Waals surface area (Å²) in [5.74, 6) is -0.742. The van der Waals surface area contributed by atoms with E-state index in [1.807, 2.05) is 0 Å². The fraction of sp³-hybridized carbons (Fsp3) is 0.391. The van der Waals surface area contributed by atoms with E-state index in [1.165, 1.54) is 30.3 Å². The molecule has 5 nitrogen and oxygen atoms in total. The Morgan fingerprint density at radius 3 is 2.53 bits per heavy atom. The molecule has 30 heavy (non-hydrogen) atoms. The lowest BCUT2D eigenvalue weighted by Gasteiger charge is -2.42. The molecule has 0 saturated carbocycles. The zero-order valence-electron chi connectivity index (χ0n) is 16.8. The highest BCUT2D eigenvalue weighted by molar-refractivity contribution is 5.77. The minimum Gasteiger partial charge on any atom is -0.493 e. The fourth-order valence-electron chi connectivity index (χ4n) is 3.97. The van der Waals surface area contributed by atoms with Crippen LogP contribution in [-0.2, 0) is 16.0 Å². The second kappa shape index (κ2) is 9.69. The first-order valence-corrected chi connectivity index (χ1v) is 10.0. The zero-order chi connectivity index (χ0) is 21.6. The Balaban J connectivity index is 1.65. The van der Waals surface area contributed by atoms with Gasteiger partial charge in [0, 0.05) is 31.3 Å². The molecule has 3 rings (SSSR count). The molecule has 0 radical (unpaired) electrons. The number of piperidine rings is 1. The van der Waals surface area contributed by atoms with Crippen LogP contribution in [0.1, 0.15) is 31.2 Å². The van der Waals surface area contributed by atoms with Crippen molar-refractivity contribution in [3.05, 3.63) is 65.7 Å². The Bertz CT molecular complexity index is 888. The van der Waals surface area contributed by atoms with Crippen molar-refractivity contribution in [2.24, 2.45) is 11.1 Å². The lowest BCUT2D eigenvalue weighted by atomic mass is 9.77. The number of carbonyl (C=O) groups is 2. The highest BCUT2D eigenvalue weighted by Crippen LogP contribution is 2.35. The largest absolute Gasteiger partial charge is 0.493 e. The summed E-state index contributed by atoms with van der Waals surface area (Å²) in [5.41, 5.74) is 5.38. The Hall–Kier alpha value is -2.96. The minimum absolute atomic E-state index is 0.0886. The van der Waals surface area contributed by atoms with Crippen molar-refractivity contribution in [1.29, 1.82) is 0 Å². The molecule has 1 fully saturated rings. The smallest absolute Gasteiger partial charge is 0.222 e. The predicted molar refractivity (Wildman–Crippen MR) is 109 cm³/mol. The predicted octanol–water partition coefficient (Wildman–Crippen LogP) is 3.46. The van der Waals surface area contributed by atoms with Crippen LogP contribution in [-0.4, -0.2) is 36.4 Å². The number of rotatable bonds is 8. The molecule has 1 aliphatic rings. The molecule has 1 atom stereocenters. The molecule has 1 unspecified atom stereocenters. The fourth-order valence-corrected chi connectivity index (χ4v) is 3.97. The van der Waals surface area contributed by atoms with Crippen LogP contribution in [0.2, 0.25) is 0 Å². The summed E-state index contributed by atoms with van der Waals surface area (Å²) in [6.07, 6.45) is 1.99. The SMILES string of the molecule is NC(=O)CC1(COc2ccc(F)cc2)CCCN(C(=O)CCc2ccccc2F)C1. The summed E-state index contributed by atoms with van der Waals surface area (Å²) in [6, 6.07) is 12.1. The Labute approximate surface area is 174 Å². The number of nitrogens with zero attached hydrogens (tertiary/aromatic N) is 1. The lowest BCUT2D eigenvalue weighted by molar-refractivity contribution is -0.137. The van der Waals surface area contributed by atoms with Gasteiger partial charge in [0.15, 0.2) is 0 Å². The van der Waals surface area contributed by atoms with Crippen molar-refractivity contribution >= 4 is 11.8 Å². The van der Waals surface area contributed by atoms with Gasteiger partial charge in [-0.1, -0.05) is 18.2 Å². The van der Waals surface area contributed by atoms with Crippen molar-refractivity contribution in [2.45, 2.75) is 32.1 Å². The van der Waals surface area contributed by atoms with Gasteiger partial charge >= 0.3 is 0 Å². The number of benzene rings is 2. The van der Waals surface area contributed by atoms with E-state index in [-0.39, 0.29) is 37.0 Å². The van der Waals surface area contributed by atoms with Crippen LogP contribution in [0.25, 0.3) is 0 Å².